The zero-order chi connectivity index (χ0) is 17.5. The molecular weight excluding hydrogens is 439 g/mol. The molecule has 0 aliphatic carbocycles. The number of benzene rings is 1. The van der Waals surface area contributed by atoms with Gasteiger partial charge in [0.15, 0.2) is 5.96 Å². The Labute approximate surface area is 175 Å². The molecule has 2 aliphatic heterocycles. The van der Waals surface area contributed by atoms with Gasteiger partial charge < -0.3 is 20.3 Å². The Hall–Kier alpha value is -0.860. The van der Waals surface area contributed by atoms with Crippen LogP contribution in [-0.4, -0.2) is 56.2 Å². The van der Waals surface area contributed by atoms with E-state index < -0.39 is 0 Å². The topological polar surface area (TPSA) is 48.9 Å². The third-order valence-corrected chi connectivity index (χ3v) is 5.55. The van der Waals surface area contributed by atoms with Gasteiger partial charge in [-0.25, -0.2) is 0 Å². The van der Waals surface area contributed by atoms with Gasteiger partial charge in [-0.3, -0.25) is 4.99 Å². The van der Waals surface area contributed by atoms with Crippen LogP contribution in [0, 0.1) is 0 Å². The number of guanidine groups is 1. The molecule has 0 spiro atoms. The lowest BCUT2D eigenvalue weighted by molar-refractivity contribution is 0.0526. The molecule has 3 rings (SSSR count). The molecule has 1 aromatic rings. The van der Waals surface area contributed by atoms with Gasteiger partial charge in [-0.2, -0.15) is 0 Å². The minimum Gasteiger partial charge on any atom is -0.375 e. The van der Waals surface area contributed by atoms with Crippen LogP contribution in [0.15, 0.2) is 35.3 Å². The second kappa shape index (κ2) is 11.1. The number of halogens is 1. The van der Waals surface area contributed by atoms with Crippen LogP contribution in [0.5, 0.6) is 0 Å². The van der Waals surface area contributed by atoms with Crippen LogP contribution in [0.1, 0.15) is 37.7 Å². The summed E-state index contributed by atoms with van der Waals surface area (Å²) in [6, 6.07) is 12.3. The number of hydrogen-bond donors (Lipinski definition) is 2. The lowest BCUT2D eigenvalue weighted by atomic mass is 9.82. The molecule has 5 nitrogen and oxygen atoms in total. The predicted molar refractivity (Wildman–Crippen MR) is 118 cm³/mol. The molecule has 1 aromatic carbocycles. The number of piperidine rings is 2. The molecule has 2 bridgehead atoms. The molecule has 2 atom stereocenters. The van der Waals surface area contributed by atoms with Gasteiger partial charge in [0.2, 0.25) is 0 Å². The van der Waals surface area contributed by atoms with E-state index in [4.69, 9.17) is 4.74 Å². The third-order valence-electron chi connectivity index (χ3n) is 5.55. The minimum absolute atomic E-state index is 0. The van der Waals surface area contributed by atoms with Crippen LogP contribution in [0.4, 0.5) is 0 Å². The molecule has 2 saturated heterocycles. The fraction of sp³-hybridized carbons (Fsp3) is 0.650. The first-order valence-corrected chi connectivity index (χ1v) is 9.57. The molecule has 0 aromatic heterocycles. The van der Waals surface area contributed by atoms with Gasteiger partial charge in [0.05, 0.1) is 13.2 Å². The van der Waals surface area contributed by atoms with E-state index in [1.54, 1.807) is 0 Å². The largest absolute Gasteiger partial charge is 0.375 e. The zero-order valence-electron chi connectivity index (χ0n) is 16.0. The molecule has 0 saturated carbocycles. The van der Waals surface area contributed by atoms with Crippen LogP contribution in [0.3, 0.4) is 0 Å². The first-order chi connectivity index (χ1) is 12.3. The quantitative estimate of drug-likeness (QED) is 0.289. The average Bonchev–Trinajstić information content (AvgIpc) is 2.62. The molecule has 0 radical (unpaired) electrons. The number of rotatable bonds is 6. The van der Waals surface area contributed by atoms with Crippen LogP contribution >= 0.6 is 24.0 Å². The number of nitrogens with one attached hydrogen (secondary N) is 2. The van der Waals surface area contributed by atoms with Crippen molar-refractivity contribution in [2.45, 2.75) is 56.8 Å². The molecule has 26 heavy (non-hydrogen) atoms. The van der Waals surface area contributed by atoms with Gasteiger partial charge in [0, 0.05) is 31.7 Å². The van der Waals surface area contributed by atoms with E-state index in [1.165, 1.54) is 37.7 Å². The maximum absolute atomic E-state index is 5.73. The first kappa shape index (κ1) is 21.4. The Bertz CT molecular complexity index is 540. The first-order valence-electron chi connectivity index (χ1n) is 9.57. The van der Waals surface area contributed by atoms with Gasteiger partial charge in [0.1, 0.15) is 0 Å². The average molecular weight is 472 g/mol. The van der Waals surface area contributed by atoms with Gasteiger partial charge in [-0.05, 0) is 38.3 Å². The Morgan fingerprint density at radius 3 is 2.54 bits per heavy atom. The molecule has 2 unspecified atom stereocenters. The summed E-state index contributed by atoms with van der Waals surface area (Å²) in [7, 11) is 4.14. The second-order valence-electron chi connectivity index (χ2n) is 7.25. The van der Waals surface area contributed by atoms with Gasteiger partial charge in [-0.1, -0.05) is 36.8 Å². The molecule has 146 valence electrons. The molecule has 2 N–H and O–H groups in total. The highest BCUT2D eigenvalue weighted by atomic mass is 127. The maximum atomic E-state index is 5.73. The van der Waals surface area contributed by atoms with E-state index >= 15 is 0 Å². The van der Waals surface area contributed by atoms with Crippen molar-refractivity contribution in [1.82, 2.24) is 15.5 Å². The van der Waals surface area contributed by atoms with Crippen LogP contribution in [-0.2, 0) is 11.3 Å². The minimum atomic E-state index is 0. The lowest BCUT2D eigenvalue weighted by Gasteiger charge is -2.47. The van der Waals surface area contributed by atoms with Crippen LogP contribution < -0.4 is 10.6 Å². The van der Waals surface area contributed by atoms with E-state index in [0.29, 0.717) is 19.3 Å². The van der Waals surface area contributed by atoms with Crippen molar-refractivity contribution in [2.24, 2.45) is 4.99 Å². The van der Waals surface area contributed by atoms with Crippen LogP contribution in [0.25, 0.3) is 0 Å². The van der Waals surface area contributed by atoms with E-state index in [2.05, 4.69) is 39.7 Å². The fourth-order valence-corrected chi connectivity index (χ4v) is 4.13. The molecule has 6 heteroatoms. The Kier molecular flexibility index (Phi) is 9.15. The highest BCUT2D eigenvalue weighted by molar-refractivity contribution is 14.0. The summed E-state index contributed by atoms with van der Waals surface area (Å²) in [6.07, 6.45) is 6.50. The van der Waals surface area contributed by atoms with E-state index in [1.807, 2.05) is 25.2 Å². The van der Waals surface area contributed by atoms with Crippen molar-refractivity contribution in [3.8, 4) is 0 Å². The summed E-state index contributed by atoms with van der Waals surface area (Å²) >= 11 is 0. The number of nitrogens with zero attached hydrogens (tertiary/aromatic N) is 2. The standard InChI is InChI=1S/C20H32N4O.HI/c1-21-20(22-11-12-25-15-16-7-4-3-5-8-16)23-17-13-18-9-6-10-19(14-17)24(18)2;/h3-5,7-8,17-19H,6,9-15H2,1-2H3,(H2,21,22,23);1H. The monoisotopic (exact) mass is 472 g/mol. The van der Waals surface area contributed by atoms with E-state index in [9.17, 15) is 0 Å². The van der Waals surface area contributed by atoms with Crippen molar-refractivity contribution in [3.05, 3.63) is 35.9 Å². The van der Waals surface area contributed by atoms with Crippen LogP contribution in [0.2, 0.25) is 0 Å². The van der Waals surface area contributed by atoms with E-state index in [0.717, 1.165) is 24.6 Å². The molecule has 0 amide bonds. The lowest BCUT2D eigenvalue weighted by Crippen LogP contribution is -2.56. The summed E-state index contributed by atoms with van der Waals surface area (Å²) in [5.41, 5.74) is 1.21. The smallest absolute Gasteiger partial charge is 0.191 e. The molecule has 2 heterocycles. The number of hydrogen-bond acceptors (Lipinski definition) is 3. The third kappa shape index (κ3) is 6.09. The number of ether oxygens (including phenoxy) is 1. The van der Waals surface area contributed by atoms with Gasteiger partial charge >= 0.3 is 0 Å². The second-order valence-corrected chi connectivity index (χ2v) is 7.25. The zero-order valence-corrected chi connectivity index (χ0v) is 18.3. The molecular formula is C20H33IN4O. The maximum Gasteiger partial charge on any atom is 0.191 e. The van der Waals surface area contributed by atoms with Crippen molar-refractivity contribution >= 4 is 29.9 Å². The number of aliphatic imine (C=N–C) groups is 1. The van der Waals surface area contributed by atoms with Crippen molar-refractivity contribution in [2.75, 3.05) is 27.2 Å². The summed E-state index contributed by atoms with van der Waals surface area (Å²) in [4.78, 5) is 6.97. The van der Waals surface area contributed by atoms with Gasteiger partial charge in [-0.15, -0.1) is 24.0 Å². The Balaban J connectivity index is 0.00000243. The predicted octanol–water partition coefficient (Wildman–Crippen LogP) is 3.00. The van der Waals surface area contributed by atoms with Crippen molar-refractivity contribution in [3.63, 3.8) is 0 Å². The highest BCUT2D eigenvalue weighted by Crippen LogP contribution is 2.32. The molecule has 2 aliphatic rings. The Morgan fingerprint density at radius 2 is 1.88 bits per heavy atom. The SMILES string of the molecule is CN=C(NCCOCc1ccccc1)NC1CC2CCCC(C1)N2C.I. The summed E-state index contributed by atoms with van der Waals surface area (Å²) in [5.74, 6) is 0.899. The van der Waals surface area contributed by atoms with Gasteiger partial charge in [0.25, 0.3) is 0 Å². The summed E-state index contributed by atoms with van der Waals surface area (Å²) in [6.45, 7) is 2.10. The van der Waals surface area contributed by atoms with E-state index in [-0.39, 0.29) is 24.0 Å². The highest BCUT2D eigenvalue weighted by Gasteiger charge is 2.36. The normalized spacial score (nSPS) is 26.1. The summed E-state index contributed by atoms with van der Waals surface area (Å²) in [5, 5.41) is 7.00. The number of fused-ring (bicyclic) bond motifs is 2. The Morgan fingerprint density at radius 1 is 1.19 bits per heavy atom. The summed E-state index contributed by atoms with van der Waals surface area (Å²) < 4.78 is 5.73. The van der Waals surface area contributed by atoms with Crippen molar-refractivity contribution in [1.29, 1.82) is 0 Å². The molecule has 2 fully saturated rings. The van der Waals surface area contributed by atoms with Crippen molar-refractivity contribution < 1.29 is 4.74 Å². The fourth-order valence-electron chi connectivity index (χ4n) is 4.13.